The lowest BCUT2D eigenvalue weighted by Gasteiger charge is -2.42. The standard InChI is InChI=1S/C35H42O13/c1-18-15-16-33(7,8)30(41)28(45-21(4)37)27(44-20(3)36)19(2)26(47-32(42)24-13-11-10-12-14-24)25-31(46-22(5)38)34(9,43)17-35(25,29(18)40)48-23(6)39/h10-16,18,25-28,31,43H,2,17H2,1,3-9H3/b16-15+/t18-,25-,26-,27-,28+,31+,34+,35+/m0/s1. The molecule has 0 spiro atoms. The molecule has 13 heteroatoms. The van der Waals surface area contributed by atoms with Crippen LogP contribution < -0.4 is 0 Å². The van der Waals surface area contributed by atoms with Gasteiger partial charge in [0.1, 0.15) is 17.8 Å². The molecule has 48 heavy (non-hydrogen) atoms. The highest BCUT2D eigenvalue weighted by molar-refractivity contribution is 5.96. The minimum absolute atomic E-state index is 0.0173. The third kappa shape index (κ3) is 7.89. The first-order valence-electron chi connectivity index (χ1n) is 15.3. The second kappa shape index (κ2) is 14.2. The van der Waals surface area contributed by atoms with Gasteiger partial charge in [-0.15, -0.1) is 0 Å². The summed E-state index contributed by atoms with van der Waals surface area (Å²) in [4.78, 5) is 92.7. The Morgan fingerprint density at radius 2 is 1.31 bits per heavy atom. The van der Waals surface area contributed by atoms with Crippen molar-refractivity contribution < 1.29 is 62.4 Å². The SMILES string of the molecule is C=C1[C@H](OC(=O)c2ccccc2)[C@H]2[C@@H](OC(C)=O)[C@](C)(O)C[C@]2(OC(C)=O)C(=O)[C@@H](C)/C=C/C(C)(C)C(=O)[C@H](OC(C)=O)[C@H]1OC(C)=O. The number of benzene rings is 1. The minimum atomic E-state index is -2.35. The molecule has 1 fully saturated rings. The highest BCUT2D eigenvalue weighted by atomic mass is 16.6. The molecule has 0 saturated heterocycles. The number of allylic oxidation sites excluding steroid dienone is 2. The van der Waals surface area contributed by atoms with Crippen molar-refractivity contribution in [2.75, 3.05) is 0 Å². The molecular formula is C35H42O13. The first kappa shape index (κ1) is 37.8. The number of carbonyl (C=O) groups excluding carboxylic acids is 7. The number of hydrogen-bond acceptors (Lipinski definition) is 13. The molecule has 0 unspecified atom stereocenters. The lowest BCUT2D eigenvalue weighted by atomic mass is 9.72. The highest BCUT2D eigenvalue weighted by Gasteiger charge is 2.70. The Hall–Kier alpha value is -4.65. The van der Waals surface area contributed by atoms with Crippen LogP contribution in [0.4, 0.5) is 0 Å². The maximum absolute atomic E-state index is 14.6. The lowest BCUT2D eigenvalue weighted by molar-refractivity contribution is -0.183. The van der Waals surface area contributed by atoms with Crippen LogP contribution in [0.2, 0.25) is 0 Å². The Kier molecular flexibility index (Phi) is 11.2. The predicted molar refractivity (Wildman–Crippen MR) is 167 cm³/mol. The Balaban J connectivity index is 2.52. The van der Waals surface area contributed by atoms with Crippen molar-refractivity contribution >= 4 is 41.4 Å². The number of rotatable bonds is 6. The van der Waals surface area contributed by atoms with Crippen LogP contribution in [0.5, 0.6) is 0 Å². The summed E-state index contributed by atoms with van der Waals surface area (Å²) in [6.07, 6.45) is -5.18. The van der Waals surface area contributed by atoms with Crippen molar-refractivity contribution in [1.29, 1.82) is 0 Å². The molecule has 1 aromatic rings. The number of ether oxygens (including phenoxy) is 5. The predicted octanol–water partition coefficient (Wildman–Crippen LogP) is 3.01. The maximum Gasteiger partial charge on any atom is 0.338 e. The topological polar surface area (TPSA) is 186 Å². The van der Waals surface area contributed by atoms with Gasteiger partial charge in [-0.3, -0.25) is 28.8 Å². The molecule has 1 saturated carbocycles. The molecule has 2 aliphatic carbocycles. The summed E-state index contributed by atoms with van der Waals surface area (Å²) in [5.74, 6) is -9.15. The van der Waals surface area contributed by atoms with E-state index in [4.69, 9.17) is 23.7 Å². The van der Waals surface area contributed by atoms with E-state index >= 15 is 0 Å². The molecular weight excluding hydrogens is 628 g/mol. The van der Waals surface area contributed by atoms with Gasteiger partial charge in [0, 0.05) is 51.0 Å². The Bertz CT molecular complexity index is 1520. The normalized spacial score (nSPS) is 32.4. The number of esters is 5. The van der Waals surface area contributed by atoms with Crippen molar-refractivity contribution in [3.63, 3.8) is 0 Å². The van der Waals surface area contributed by atoms with Crippen LogP contribution in [0, 0.1) is 17.3 Å². The van der Waals surface area contributed by atoms with E-state index in [1.54, 1.807) is 18.2 Å². The van der Waals surface area contributed by atoms with Crippen LogP contribution in [-0.4, -0.2) is 82.1 Å². The lowest BCUT2D eigenvalue weighted by Crippen LogP contribution is -2.58. The molecule has 0 radical (unpaired) electrons. The fourth-order valence-electron chi connectivity index (χ4n) is 6.37. The van der Waals surface area contributed by atoms with Crippen LogP contribution in [0.15, 0.2) is 54.6 Å². The van der Waals surface area contributed by atoms with E-state index in [0.29, 0.717) is 0 Å². The van der Waals surface area contributed by atoms with Gasteiger partial charge in [0.15, 0.2) is 23.3 Å². The first-order chi connectivity index (χ1) is 22.1. The number of hydrogen-bond donors (Lipinski definition) is 1. The zero-order valence-electron chi connectivity index (χ0n) is 28.3. The van der Waals surface area contributed by atoms with Gasteiger partial charge in [0.2, 0.25) is 6.10 Å². The van der Waals surface area contributed by atoms with E-state index in [9.17, 15) is 38.7 Å². The van der Waals surface area contributed by atoms with Gasteiger partial charge in [-0.1, -0.05) is 43.9 Å². The largest absolute Gasteiger partial charge is 0.459 e. The molecule has 3 rings (SSSR count). The van der Waals surface area contributed by atoms with Crippen molar-refractivity contribution in [3.8, 4) is 0 Å². The number of carbonyl (C=O) groups is 7. The van der Waals surface area contributed by atoms with Crippen LogP contribution >= 0.6 is 0 Å². The molecule has 260 valence electrons. The molecule has 0 amide bonds. The summed E-state index contributed by atoms with van der Waals surface area (Å²) in [6, 6.07) is 7.58. The summed E-state index contributed by atoms with van der Waals surface area (Å²) in [6.45, 7) is 13.8. The molecule has 1 N–H and O–H groups in total. The van der Waals surface area contributed by atoms with Crippen molar-refractivity contribution in [2.24, 2.45) is 17.3 Å². The maximum atomic E-state index is 14.6. The summed E-state index contributed by atoms with van der Waals surface area (Å²) in [7, 11) is 0. The number of fused-ring (bicyclic) bond motifs is 1. The smallest absolute Gasteiger partial charge is 0.338 e. The van der Waals surface area contributed by atoms with E-state index < -0.39 is 106 Å². The van der Waals surface area contributed by atoms with Crippen molar-refractivity contribution in [3.05, 3.63) is 60.2 Å². The Morgan fingerprint density at radius 3 is 1.83 bits per heavy atom. The Morgan fingerprint density at radius 1 is 0.771 bits per heavy atom. The zero-order valence-corrected chi connectivity index (χ0v) is 28.3. The van der Waals surface area contributed by atoms with Crippen LogP contribution in [0.25, 0.3) is 0 Å². The van der Waals surface area contributed by atoms with Crippen molar-refractivity contribution in [1.82, 2.24) is 0 Å². The fraction of sp³-hybridized carbons (Fsp3) is 0.514. The molecule has 2 aliphatic rings. The van der Waals surface area contributed by atoms with Gasteiger partial charge < -0.3 is 28.8 Å². The van der Waals surface area contributed by atoms with Gasteiger partial charge in [-0.2, -0.15) is 0 Å². The third-order valence-electron chi connectivity index (χ3n) is 8.40. The first-order valence-corrected chi connectivity index (χ1v) is 15.3. The van der Waals surface area contributed by atoms with Crippen molar-refractivity contribution in [2.45, 2.75) is 97.4 Å². The van der Waals surface area contributed by atoms with E-state index in [1.165, 1.54) is 52.0 Å². The zero-order chi connectivity index (χ0) is 36.4. The second-order valence-electron chi connectivity index (χ2n) is 13.0. The summed E-state index contributed by atoms with van der Waals surface area (Å²) in [5, 5.41) is 11.8. The third-order valence-corrected chi connectivity index (χ3v) is 8.40. The highest BCUT2D eigenvalue weighted by Crippen LogP contribution is 2.52. The molecule has 0 bridgehead atoms. The van der Waals surface area contributed by atoms with E-state index in [2.05, 4.69) is 6.58 Å². The molecule has 8 atom stereocenters. The van der Waals surface area contributed by atoms with Gasteiger partial charge in [-0.05, 0) is 32.9 Å². The van der Waals surface area contributed by atoms with Gasteiger partial charge in [-0.25, -0.2) is 4.79 Å². The molecule has 0 aromatic heterocycles. The molecule has 0 aliphatic heterocycles. The van der Waals surface area contributed by atoms with E-state index in [-0.39, 0.29) is 5.56 Å². The monoisotopic (exact) mass is 670 g/mol. The van der Waals surface area contributed by atoms with Crippen LogP contribution in [0.3, 0.4) is 0 Å². The average Bonchev–Trinajstić information content (AvgIpc) is 3.19. The van der Waals surface area contributed by atoms with Gasteiger partial charge in [0.25, 0.3) is 0 Å². The summed E-state index contributed by atoms with van der Waals surface area (Å²) >= 11 is 0. The van der Waals surface area contributed by atoms with Crippen LogP contribution in [0.1, 0.15) is 72.2 Å². The summed E-state index contributed by atoms with van der Waals surface area (Å²) in [5.41, 5.74) is -6.29. The number of ketones is 2. The minimum Gasteiger partial charge on any atom is -0.459 e. The average molecular weight is 671 g/mol. The number of aliphatic hydroxyl groups is 1. The second-order valence-corrected chi connectivity index (χ2v) is 13.0. The quantitative estimate of drug-likeness (QED) is 0.265. The Labute approximate surface area is 278 Å². The molecule has 0 heterocycles. The summed E-state index contributed by atoms with van der Waals surface area (Å²) < 4.78 is 28.4. The molecule has 13 nitrogen and oxygen atoms in total. The fourth-order valence-corrected chi connectivity index (χ4v) is 6.37. The molecule has 1 aromatic carbocycles. The van der Waals surface area contributed by atoms with E-state index in [0.717, 1.165) is 27.7 Å². The van der Waals surface area contributed by atoms with Gasteiger partial charge >= 0.3 is 29.8 Å². The van der Waals surface area contributed by atoms with Crippen LogP contribution in [-0.2, 0) is 52.5 Å². The number of Topliss-reactive ketones (excluding diaryl/α,β-unsaturated/α-hetero) is 2. The van der Waals surface area contributed by atoms with E-state index in [1.807, 2.05) is 0 Å². The van der Waals surface area contributed by atoms with Gasteiger partial charge in [0.05, 0.1) is 11.5 Å².